The molecule has 2 atom stereocenters. The van der Waals surface area contributed by atoms with Crippen molar-refractivity contribution in [1.29, 1.82) is 0 Å². The number of aliphatic hydroxyl groups excluding tert-OH is 2. The zero-order valence-electron chi connectivity index (χ0n) is 10.2. The van der Waals surface area contributed by atoms with Crippen LogP contribution in [0.3, 0.4) is 0 Å². The molecule has 1 aromatic carbocycles. The second-order valence-corrected chi connectivity index (χ2v) is 4.63. The number of phenols is 1. The maximum absolute atomic E-state index is 10.4. The summed E-state index contributed by atoms with van der Waals surface area (Å²) in [4.78, 5) is 0. The first-order valence-corrected chi connectivity index (χ1v) is 6.09. The summed E-state index contributed by atoms with van der Waals surface area (Å²) in [7, 11) is 0. The zero-order valence-corrected chi connectivity index (χ0v) is 10.2. The van der Waals surface area contributed by atoms with E-state index in [0.29, 0.717) is 23.3 Å². The van der Waals surface area contributed by atoms with Gasteiger partial charge in [0.25, 0.3) is 0 Å². The number of rotatable bonds is 1. The molecule has 4 heteroatoms. The standard InChI is InChI=1S/C15H14O4/c16-10-3-1-9(2-4-10)13-8-19-14-7-11(17)5-6-12(14)15(13)18/h1-4,6-8,11,15-18H,5H2. The van der Waals surface area contributed by atoms with E-state index in [0.717, 1.165) is 5.56 Å². The molecule has 1 aromatic rings. The minimum Gasteiger partial charge on any atom is -0.508 e. The molecular weight excluding hydrogens is 244 g/mol. The highest BCUT2D eigenvalue weighted by Gasteiger charge is 2.29. The monoisotopic (exact) mass is 258 g/mol. The molecule has 3 N–H and O–H groups in total. The van der Waals surface area contributed by atoms with Crippen molar-refractivity contribution in [2.75, 3.05) is 0 Å². The van der Waals surface area contributed by atoms with Crippen LogP contribution in [-0.4, -0.2) is 27.5 Å². The van der Waals surface area contributed by atoms with Crippen LogP contribution in [0.15, 0.2) is 54.0 Å². The molecule has 0 saturated carbocycles. The van der Waals surface area contributed by atoms with E-state index >= 15 is 0 Å². The van der Waals surface area contributed by atoms with Crippen LogP contribution >= 0.6 is 0 Å². The number of hydrogen-bond acceptors (Lipinski definition) is 4. The Balaban J connectivity index is 1.97. The molecular formula is C15H14O4. The van der Waals surface area contributed by atoms with Gasteiger partial charge in [0.1, 0.15) is 17.6 Å². The summed E-state index contributed by atoms with van der Waals surface area (Å²) in [5.41, 5.74) is 2.10. The highest BCUT2D eigenvalue weighted by atomic mass is 16.5. The Morgan fingerprint density at radius 1 is 1.05 bits per heavy atom. The van der Waals surface area contributed by atoms with Gasteiger partial charge in [-0.1, -0.05) is 18.2 Å². The molecule has 0 spiro atoms. The summed E-state index contributed by atoms with van der Waals surface area (Å²) in [6, 6.07) is 6.57. The lowest BCUT2D eigenvalue weighted by Crippen LogP contribution is -2.23. The number of ether oxygens (including phenoxy) is 1. The van der Waals surface area contributed by atoms with Crippen LogP contribution in [0.25, 0.3) is 5.57 Å². The fourth-order valence-corrected chi connectivity index (χ4v) is 2.28. The van der Waals surface area contributed by atoms with Gasteiger partial charge in [0.2, 0.25) is 0 Å². The van der Waals surface area contributed by atoms with E-state index in [9.17, 15) is 15.3 Å². The molecule has 0 radical (unpaired) electrons. The molecule has 2 aliphatic rings. The number of aliphatic hydroxyl groups is 2. The van der Waals surface area contributed by atoms with E-state index in [1.807, 2.05) is 0 Å². The maximum atomic E-state index is 10.4. The number of benzene rings is 1. The normalized spacial score (nSPS) is 25.7. The molecule has 2 unspecified atom stereocenters. The molecule has 4 nitrogen and oxygen atoms in total. The molecule has 3 rings (SSSR count). The molecule has 0 fully saturated rings. The summed E-state index contributed by atoms with van der Waals surface area (Å²) in [5.74, 6) is 0.685. The molecule has 1 aliphatic heterocycles. The van der Waals surface area contributed by atoms with Crippen LogP contribution in [0.5, 0.6) is 5.75 Å². The topological polar surface area (TPSA) is 69.9 Å². The van der Waals surface area contributed by atoms with Crippen molar-refractivity contribution in [2.24, 2.45) is 0 Å². The van der Waals surface area contributed by atoms with Gasteiger partial charge in [0.05, 0.1) is 12.4 Å². The largest absolute Gasteiger partial charge is 0.508 e. The zero-order chi connectivity index (χ0) is 13.4. The Kier molecular flexibility index (Phi) is 2.89. The maximum Gasteiger partial charge on any atom is 0.130 e. The van der Waals surface area contributed by atoms with Crippen molar-refractivity contribution in [3.8, 4) is 5.75 Å². The Morgan fingerprint density at radius 3 is 2.53 bits per heavy atom. The summed E-state index contributed by atoms with van der Waals surface area (Å²) < 4.78 is 5.47. The summed E-state index contributed by atoms with van der Waals surface area (Å²) in [5, 5.41) is 29.2. The van der Waals surface area contributed by atoms with Gasteiger partial charge in [0.15, 0.2) is 0 Å². The Bertz CT molecular complexity index is 581. The van der Waals surface area contributed by atoms with Crippen LogP contribution < -0.4 is 0 Å². The summed E-state index contributed by atoms with van der Waals surface area (Å²) in [6.45, 7) is 0. The molecule has 19 heavy (non-hydrogen) atoms. The second-order valence-electron chi connectivity index (χ2n) is 4.63. The van der Waals surface area contributed by atoms with E-state index in [1.165, 1.54) is 6.26 Å². The van der Waals surface area contributed by atoms with Crippen molar-refractivity contribution in [3.63, 3.8) is 0 Å². The van der Waals surface area contributed by atoms with Gasteiger partial charge < -0.3 is 20.1 Å². The van der Waals surface area contributed by atoms with Gasteiger partial charge in [-0.25, -0.2) is 0 Å². The highest BCUT2D eigenvalue weighted by Crippen LogP contribution is 2.35. The van der Waals surface area contributed by atoms with Crippen LogP contribution in [-0.2, 0) is 4.74 Å². The van der Waals surface area contributed by atoms with Crippen molar-refractivity contribution < 1.29 is 20.1 Å². The fraction of sp³-hybridized carbons (Fsp3) is 0.200. The van der Waals surface area contributed by atoms with Crippen molar-refractivity contribution in [2.45, 2.75) is 18.6 Å². The first kappa shape index (κ1) is 12.0. The van der Waals surface area contributed by atoms with E-state index in [1.54, 1.807) is 36.4 Å². The Hall–Kier alpha value is -2.04. The molecule has 0 aromatic heterocycles. The average molecular weight is 258 g/mol. The van der Waals surface area contributed by atoms with E-state index in [-0.39, 0.29) is 5.75 Å². The van der Waals surface area contributed by atoms with Gasteiger partial charge in [-0.15, -0.1) is 0 Å². The van der Waals surface area contributed by atoms with Crippen molar-refractivity contribution in [3.05, 3.63) is 59.6 Å². The molecule has 1 heterocycles. The number of hydrogen-bond donors (Lipinski definition) is 3. The first-order chi connectivity index (χ1) is 9.15. The average Bonchev–Trinajstić information content (AvgIpc) is 2.40. The van der Waals surface area contributed by atoms with Gasteiger partial charge >= 0.3 is 0 Å². The second kappa shape index (κ2) is 4.57. The molecule has 0 saturated heterocycles. The van der Waals surface area contributed by atoms with Crippen molar-refractivity contribution >= 4 is 5.57 Å². The van der Waals surface area contributed by atoms with E-state index < -0.39 is 12.2 Å². The molecule has 0 amide bonds. The minimum atomic E-state index is -0.781. The van der Waals surface area contributed by atoms with E-state index in [4.69, 9.17) is 4.74 Å². The third-order valence-corrected chi connectivity index (χ3v) is 3.31. The lowest BCUT2D eigenvalue weighted by molar-refractivity contribution is 0.196. The molecule has 1 aliphatic carbocycles. The van der Waals surface area contributed by atoms with Gasteiger partial charge in [0, 0.05) is 11.1 Å². The van der Waals surface area contributed by atoms with Gasteiger partial charge in [-0.2, -0.15) is 0 Å². The van der Waals surface area contributed by atoms with Crippen LogP contribution in [0.2, 0.25) is 0 Å². The van der Waals surface area contributed by atoms with Crippen LogP contribution in [0.1, 0.15) is 12.0 Å². The van der Waals surface area contributed by atoms with Crippen LogP contribution in [0, 0.1) is 0 Å². The Labute approximate surface area is 110 Å². The van der Waals surface area contributed by atoms with Crippen molar-refractivity contribution in [1.82, 2.24) is 0 Å². The quantitative estimate of drug-likeness (QED) is 0.717. The lowest BCUT2D eigenvalue weighted by Gasteiger charge is -2.28. The number of aromatic hydroxyl groups is 1. The molecule has 98 valence electrons. The predicted molar refractivity (Wildman–Crippen MR) is 70.0 cm³/mol. The third kappa shape index (κ3) is 2.16. The minimum absolute atomic E-state index is 0.177. The smallest absolute Gasteiger partial charge is 0.130 e. The SMILES string of the molecule is Oc1ccc(C2=COC3=CC(O)CC=C3C2O)cc1. The Morgan fingerprint density at radius 2 is 1.79 bits per heavy atom. The predicted octanol–water partition coefficient (Wildman–Crippen LogP) is 1.70. The first-order valence-electron chi connectivity index (χ1n) is 6.09. The van der Waals surface area contributed by atoms with Crippen LogP contribution in [0.4, 0.5) is 0 Å². The third-order valence-electron chi connectivity index (χ3n) is 3.31. The highest BCUT2D eigenvalue weighted by molar-refractivity contribution is 5.74. The fourth-order valence-electron chi connectivity index (χ4n) is 2.28. The number of phenolic OH excluding ortho intramolecular Hbond substituents is 1. The molecule has 0 bridgehead atoms. The van der Waals surface area contributed by atoms with Gasteiger partial charge in [-0.3, -0.25) is 0 Å². The summed E-state index contributed by atoms with van der Waals surface area (Å²) in [6.07, 6.45) is 4.01. The van der Waals surface area contributed by atoms with E-state index in [2.05, 4.69) is 0 Å². The van der Waals surface area contributed by atoms with Gasteiger partial charge in [-0.05, 0) is 30.2 Å². The number of fused-ring (bicyclic) bond motifs is 1. The lowest BCUT2D eigenvalue weighted by atomic mass is 9.89. The summed E-state index contributed by atoms with van der Waals surface area (Å²) >= 11 is 0.